The number of carbonyl (C=O) groups is 2. The minimum absolute atomic E-state index is 0.00546. The van der Waals surface area contributed by atoms with Crippen molar-refractivity contribution in [1.29, 1.82) is 0 Å². The van der Waals surface area contributed by atoms with Crippen LogP contribution in [0.2, 0.25) is 0 Å². The minimum Gasteiger partial charge on any atom is -0.494 e. The van der Waals surface area contributed by atoms with Gasteiger partial charge in [0.1, 0.15) is 5.56 Å². The summed E-state index contributed by atoms with van der Waals surface area (Å²) in [6.45, 7) is 1.26. The highest BCUT2D eigenvalue weighted by molar-refractivity contribution is 6.05. The molecule has 2 amide bonds. The van der Waals surface area contributed by atoms with Crippen LogP contribution in [0, 0.1) is 11.6 Å². The van der Waals surface area contributed by atoms with E-state index >= 15 is 0 Å². The molecule has 0 atom stereocenters. The number of hydrogen-bond acceptors (Lipinski definition) is 5. The number of rotatable bonds is 6. The van der Waals surface area contributed by atoms with Crippen LogP contribution in [0.1, 0.15) is 45.0 Å². The molecule has 0 bridgehead atoms. The summed E-state index contributed by atoms with van der Waals surface area (Å²) in [5.74, 6) is -3.50. The van der Waals surface area contributed by atoms with Gasteiger partial charge in [-0.05, 0) is 54.7 Å². The zero-order valence-corrected chi connectivity index (χ0v) is 21.8. The Kier molecular flexibility index (Phi) is 7.19. The molecule has 0 spiro atoms. The Balaban J connectivity index is 1.22. The second kappa shape index (κ2) is 10.7. The lowest BCUT2D eigenvalue weighted by Gasteiger charge is -2.32. The number of amides is 2. The molecule has 0 radical (unpaired) electrons. The average Bonchev–Trinajstić information content (AvgIpc) is 3.33. The van der Waals surface area contributed by atoms with Gasteiger partial charge in [-0.15, -0.1) is 0 Å². The van der Waals surface area contributed by atoms with E-state index in [2.05, 4.69) is 10.4 Å². The van der Waals surface area contributed by atoms with Crippen LogP contribution in [-0.2, 0) is 7.05 Å². The summed E-state index contributed by atoms with van der Waals surface area (Å²) in [5.41, 5.74) is 2.30. The van der Waals surface area contributed by atoms with Gasteiger partial charge in [0.2, 0.25) is 0 Å². The molecule has 202 valence electrons. The highest BCUT2D eigenvalue weighted by atomic mass is 19.1. The predicted octanol–water partition coefficient (Wildman–Crippen LogP) is 5.14. The Bertz CT molecular complexity index is 1520. The Morgan fingerprint density at radius 2 is 1.59 bits per heavy atom. The fourth-order valence-electron chi connectivity index (χ4n) is 5.01. The van der Waals surface area contributed by atoms with E-state index in [9.17, 15) is 18.4 Å². The molecular weight excluding hydrogens is 506 g/mol. The third kappa shape index (κ3) is 5.01. The highest BCUT2D eigenvalue weighted by Crippen LogP contribution is 2.33. The molecule has 1 N–H and O–H groups in total. The molecule has 1 saturated heterocycles. The number of methoxy groups -OCH3 is 2. The molecule has 4 aromatic rings. The number of piperidine rings is 1. The molecule has 8 nitrogen and oxygen atoms in total. The van der Waals surface area contributed by atoms with Crippen LogP contribution >= 0.6 is 0 Å². The van der Waals surface area contributed by atoms with E-state index in [1.807, 2.05) is 42.3 Å². The third-order valence-electron chi connectivity index (χ3n) is 7.22. The maximum Gasteiger partial charge on any atom is 0.261 e. The number of fused-ring (bicyclic) bond motifs is 1. The van der Waals surface area contributed by atoms with Gasteiger partial charge >= 0.3 is 0 Å². The summed E-state index contributed by atoms with van der Waals surface area (Å²) >= 11 is 0. The lowest BCUT2D eigenvalue weighted by atomic mass is 9.89. The van der Waals surface area contributed by atoms with Crippen molar-refractivity contribution >= 4 is 28.4 Å². The standard InChI is InChI=1S/C29H28F2N4O4/c1-34-22-9-6-19(14-20(22)16-32-34)29(37)35-12-10-18(11-13-35)17-4-7-21(8-5-17)33-28(36)25-26(30)23(38-2)15-24(39-3)27(25)31/h4-9,14-16,18H,10-13H2,1-3H3,(H,33,36). The fourth-order valence-corrected chi connectivity index (χ4v) is 5.01. The lowest BCUT2D eigenvalue weighted by Crippen LogP contribution is -2.37. The van der Waals surface area contributed by atoms with E-state index < -0.39 is 23.1 Å². The van der Waals surface area contributed by atoms with E-state index in [4.69, 9.17) is 9.47 Å². The molecule has 0 saturated carbocycles. The smallest absolute Gasteiger partial charge is 0.261 e. The number of nitrogens with zero attached hydrogens (tertiary/aromatic N) is 3. The van der Waals surface area contributed by atoms with Crippen LogP contribution in [0.3, 0.4) is 0 Å². The summed E-state index contributed by atoms with van der Waals surface area (Å²) in [6.07, 6.45) is 3.35. The summed E-state index contributed by atoms with van der Waals surface area (Å²) in [5, 5.41) is 7.71. The van der Waals surface area contributed by atoms with Gasteiger partial charge in [-0.25, -0.2) is 8.78 Å². The van der Waals surface area contributed by atoms with Crippen LogP contribution in [0.5, 0.6) is 11.5 Å². The number of aryl methyl sites for hydroxylation is 1. The number of carbonyl (C=O) groups excluding carboxylic acids is 2. The number of hydrogen-bond donors (Lipinski definition) is 1. The SMILES string of the molecule is COc1cc(OC)c(F)c(C(=O)Nc2ccc(C3CCN(C(=O)c4ccc5c(cnn5C)c4)CC3)cc2)c1F. The molecule has 0 unspecified atom stereocenters. The van der Waals surface area contributed by atoms with Crippen molar-refractivity contribution in [3.63, 3.8) is 0 Å². The Labute approximate surface area is 224 Å². The number of nitrogens with one attached hydrogen (secondary N) is 1. The van der Waals surface area contributed by atoms with Crippen LogP contribution in [-0.4, -0.2) is 53.8 Å². The second-order valence-corrected chi connectivity index (χ2v) is 9.47. The summed E-state index contributed by atoms with van der Waals surface area (Å²) in [4.78, 5) is 27.7. The molecule has 1 aliphatic rings. The molecule has 3 aromatic carbocycles. The zero-order valence-electron chi connectivity index (χ0n) is 21.8. The Morgan fingerprint density at radius 3 is 2.21 bits per heavy atom. The van der Waals surface area contributed by atoms with Crippen molar-refractivity contribution in [2.24, 2.45) is 7.05 Å². The van der Waals surface area contributed by atoms with Gasteiger partial charge in [0, 0.05) is 42.8 Å². The number of anilines is 1. The van der Waals surface area contributed by atoms with Crippen LogP contribution in [0.15, 0.2) is 54.7 Å². The molecular formula is C29H28F2N4O4. The van der Waals surface area contributed by atoms with Crippen molar-refractivity contribution in [3.8, 4) is 11.5 Å². The molecule has 2 heterocycles. The second-order valence-electron chi connectivity index (χ2n) is 9.47. The monoisotopic (exact) mass is 534 g/mol. The first-order valence-electron chi connectivity index (χ1n) is 12.5. The first-order valence-corrected chi connectivity index (χ1v) is 12.5. The van der Waals surface area contributed by atoms with E-state index in [-0.39, 0.29) is 23.3 Å². The normalized spacial score (nSPS) is 13.9. The number of aromatic nitrogens is 2. The molecule has 1 aromatic heterocycles. The van der Waals surface area contributed by atoms with Gasteiger partial charge in [-0.1, -0.05) is 12.1 Å². The first-order chi connectivity index (χ1) is 18.8. The molecule has 1 aliphatic heterocycles. The fraction of sp³-hybridized carbons (Fsp3) is 0.276. The number of halogens is 2. The minimum atomic E-state index is -1.11. The Morgan fingerprint density at radius 1 is 0.949 bits per heavy atom. The molecule has 5 rings (SSSR count). The maximum absolute atomic E-state index is 14.7. The largest absolute Gasteiger partial charge is 0.494 e. The average molecular weight is 535 g/mol. The summed E-state index contributed by atoms with van der Waals surface area (Å²) in [7, 11) is 4.31. The van der Waals surface area contributed by atoms with E-state index in [1.165, 1.54) is 14.2 Å². The van der Waals surface area contributed by atoms with Gasteiger partial charge in [0.05, 0.1) is 25.9 Å². The third-order valence-corrected chi connectivity index (χ3v) is 7.22. The summed E-state index contributed by atoms with van der Waals surface area (Å²) < 4.78 is 40.9. The first kappa shape index (κ1) is 26.1. The van der Waals surface area contributed by atoms with E-state index in [0.29, 0.717) is 24.3 Å². The van der Waals surface area contributed by atoms with Crippen molar-refractivity contribution in [2.75, 3.05) is 32.6 Å². The number of ether oxygens (including phenoxy) is 2. The van der Waals surface area contributed by atoms with Gasteiger partial charge in [0.15, 0.2) is 23.1 Å². The zero-order chi connectivity index (χ0) is 27.7. The van der Waals surface area contributed by atoms with Gasteiger partial charge in [-0.3, -0.25) is 14.3 Å². The van der Waals surface area contributed by atoms with Crippen molar-refractivity contribution in [1.82, 2.24) is 14.7 Å². The van der Waals surface area contributed by atoms with Gasteiger partial charge < -0.3 is 19.7 Å². The molecule has 39 heavy (non-hydrogen) atoms. The molecule has 10 heteroatoms. The van der Waals surface area contributed by atoms with Gasteiger partial charge in [0.25, 0.3) is 11.8 Å². The highest BCUT2D eigenvalue weighted by Gasteiger charge is 2.27. The molecule has 1 fully saturated rings. The number of benzene rings is 3. The van der Waals surface area contributed by atoms with Crippen LogP contribution < -0.4 is 14.8 Å². The van der Waals surface area contributed by atoms with Crippen molar-refractivity contribution < 1.29 is 27.8 Å². The predicted molar refractivity (Wildman–Crippen MR) is 142 cm³/mol. The summed E-state index contributed by atoms with van der Waals surface area (Å²) in [6, 6.07) is 13.8. The van der Waals surface area contributed by atoms with Gasteiger partial charge in [-0.2, -0.15) is 5.10 Å². The number of likely N-dealkylation sites (tertiary alicyclic amines) is 1. The topological polar surface area (TPSA) is 85.7 Å². The Hall–Kier alpha value is -4.47. The lowest BCUT2D eigenvalue weighted by molar-refractivity contribution is 0.0713. The maximum atomic E-state index is 14.7. The van der Waals surface area contributed by atoms with Crippen molar-refractivity contribution in [3.05, 3.63) is 83.1 Å². The molecule has 0 aliphatic carbocycles. The quantitative estimate of drug-likeness (QED) is 0.370. The van der Waals surface area contributed by atoms with E-state index in [1.54, 1.807) is 23.0 Å². The van der Waals surface area contributed by atoms with Crippen LogP contribution in [0.25, 0.3) is 10.9 Å². The van der Waals surface area contributed by atoms with Crippen molar-refractivity contribution in [2.45, 2.75) is 18.8 Å². The van der Waals surface area contributed by atoms with E-state index in [0.717, 1.165) is 35.4 Å². The van der Waals surface area contributed by atoms with Crippen LogP contribution in [0.4, 0.5) is 14.5 Å².